The number of ether oxygens (including phenoxy) is 3. The molecule has 23 heavy (non-hydrogen) atoms. The van der Waals surface area contributed by atoms with Crippen LogP contribution in [0.4, 0.5) is 0 Å². The lowest BCUT2D eigenvalue weighted by Crippen LogP contribution is -2.16. The molecule has 0 bridgehead atoms. The lowest BCUT2D eigenvalue weighted by Gasteiger charge is -2.09. The highest BCUT2D eigenvalue weighted by molar-refractivity contribution is 6.31. The second-order valence-electron chi connectivity index (χ2n) is 4.78. The molecule has 1 heterocycles. The first-order valence-corrected chi connectivity index (χ1v) is 7.07. The van der Waals surface area contributed by atoms with E-state index in [0.717, 1.165) is 0 Å². The largest absolute Gasteiger partial charge is 0.485 e. The number of benzene rings is 2. The van der Waals surface area contributed by atoms with Crippen molar-refractivity contribution in [3.05, 3.63) is 52.5 Å². The number of halogens is 1. The molecule has 1 amide bonds. The van der Waals surface area contributed by atoms with Gasteiger partial charge in [0.25, 0.3) is 5.91 Å². The molecule has 0 fully saturated rings. The number of primary amides is 1. The molecule has 1 aliphatic heterocycles. The second-order valence-corrected chi connectivity index (χ2v) is 5.22. The van der Waals surface area contributed by atoms with E-state index in [0.29, 0.717) is 22.1 Å². The van der Waals surface area contributed by atoms with Crippen LogP contribution in [0.3, 0.4) is 0 Å². The van der Waals surface area contributed by atoms with Gasteiger partial charge in [0, 0.05) is 10.6 Å². The Morgan fingerprint density at radius 1 is 1.13 bits per heavy atom. The third-order valence-electron chi connectivity index (χ3n) is 3.26. The van der Waals surface area contributed by atoms with Crippen molar-refractivity contribution in [1.29, 1.82) is 0 Å². The van der Waals surface area contributed by atoms with Crippen LogP contribution in [0.25, 0.3) is 0 Å². The molecule has 3 rings (SSSR count). The summed E-state index contributed by atoms with van der Waals surface area (Å²) in [5, 5.41) is 0.355. The van der Waals surface area contributed by atoms with Gasteiger partial charge < -0.3 is 19.9 Å². The smallest absolute Gasteiger partial charge is 0.252 e. The van der Waals surface area contributed by atoms with Gasteiger partial charge in [-0.3, -0.25) is 9.59 Å². The molecule has 0 spiro atoms. The van der Waals surface area contributed by atoms with E-state index < -0.39 is 5.91 Å². The molecule has 2 N–H and O–H groups in total. The molecular weight excluding hydrogens is 322 g/mol. The Balaban J connectivity index is 1.73. The van der Waals surface area contributed by atoms with E-state index >= 15 is 0 Å². The van der Waals surface area contributed by atoms with Gasteiger partial charge in [-0.05, 0) is 36.4 Å². The normalized spacial score (nSPS) is 12.0. The summed E-state index contributed by atoms with van der Waals surface area (Å²) in [6.07, 6.45) is 0. The van der Waals surface area contributed by atoms with E-state index in [2.05, 4.69) is 0 Å². The Kier molecular flexibility index (Phi) is 4.08. The maximum Gasteiger partial charge on any atom is 0.252 e. The number of fused-ring (bicyclic) bond motifs is 1. The van der Waals surface area contributed by atoms with Crippen molar-refractivity contribution in [1.82, 2.24) is 0 Å². The minimum atomic E-state index is -0.682. The Bertz CT molecular complexity index is 790. The zero-order valence-electron chi connectivity index (χ0n) is 11.9. The minimum Gasteiger partial charge on any atom is -0.485 e. The topological polar surface area (TPSA) is 87.9 Å². The van der Waals surface area contributed by atoms with E-state index in [-0.39, 0.29) is 30.5 Å². The van der Waals surface area contributed by atoms with Gasteiger partial charge in [0.2, 0.25) is 6.79 Å². The van der Waals surface area contributed by atoms with Gasteiger partial charge in [0.1, 0.15) is 5.75 Å². The molecule has 0 saturated heterocycles. The van der Waals surface area contributed by atoms with Gasteiger partial charge in [-0.15, -0.1) is 0 Å². The van der Waals surface area contributed by atoms with Gasteiger partial charge >= 0.3 is 0 Å². The first-order valence-electron chi connectivity index (χ1n) is 6.69. The summed E-state index contributed by atoms with van der Waals surface area (Å²) in [6, 6.07) is 9.31. The van der Waals surface area contributed by atoms with Crippen LogP contribution in [0.1, 0.15) is 20.7 Å². The fourth-order valence-electron chi connectivity index (χ4n) is 2.12. The van der Waals surface area contributed by atoms with Crippen molar-refractivity contribution in [3.63, 3.8) is 0 Å². The average molecular weight is 334 g/mol. The van der Waals surface area contributed by atoms with Crippen molar-refractivity contribution in [3.8, 4) is 17.2 Å². The van der Waals surface area contributed by atoms with Crippen LogP contribution in [0.2, 0.25) is 5.02 Å². The number of carbonyl (C=O) groups excluding carboxylic acids is 2. The van der Waals surface area contributed by atoms with Gasteiger partial charge in [-0.25, -0.2) is 0 Å². The van der Waals surface area contributed by atoms with Gasteiger partial charge in [-0.2, -0.15) is 0 Å². The number of hydrogen-bond donors (Lipinski definition) is 1. The summed E-state index contributed by atoms with van der Waals surface area (Å²) < 4.78 is 15.8. The van der Waals surface area contributed by atoms with Gasteiger partial charge in [-0.1, -0.05) is 11.6 Å². The fraction of sp³-hybridized carbons (Fsp3) is 0.125. The summed E-state index contributed by atoms with van der Waals surface area (Å²) >= 11 is 5.82. The maximum atomic E-state index is 12.2. The summed E-state index contributed by atoms with van der Waals surface area (Å²) in [5.74, 6) is 0.360. The van der Waals surface area contributed by atoms with Crippen molar-refractivity contribution in [2.75, 3.05) is 13.4 Å². The molecule has 7 heteroatoms. The number of rotatable bonds is 5. The van der Waals surface area contributed by atoms with Crippen molar-refractivity contribution >= 4 is 23.3 Å². The number of Topliss-reactive ketones (excluding diaryl/α,β-unsaturated/α-hetero) is 1. The number of amides is 1. The average Bonchev–Trinajstić information content (AvgIpc) is 3.00. The highest BCUT2D eigenvalue weighted by Crippen LogP contribution is 2.32. The van der Waals surface area contributed by atoms with E-state index in [1.807, 2.05) is 0 Å². The van der Waals surface area contributed by atoms with E-state index in [1.54, 1.807) is 24.3 Å². The SMILES string of the molecule is NC(=O)c1cc(Cl)ccc1OCC(=O)c1ccc2c(c1)OCO2. The summed E-state index contributed by atoms with van der Waals surface area (Å²) in [7, 11) is 0. The predicted molar refractivity (Wildman–Crippen MR) is 82.4 cm³/mol. The Morgan fingerprint density at radius 3 is 2.70 bits per heavy atom. The first kappa shape index (κ1) is 15.2. The molecule has 0 aliphatic carbocycles. The van der Waals surface area contributed by atoms with Crippen LogP contribution in [0.5, 0.6) is 17.2 Å². The third-order valence-corrected chi connectivity index (χ3v) is 3.50. The van der Waals surface area contributed by atoms with E-state index in [4.69, 9.17) is 31.5 Å². The van der Waals surface area contributed by atoms with E-state index in [1.165, 1.54) is 12.1 Å². The highest BCUT2D eigenvalue weighted by Gasteiger charge is 2.17. The molecule has 0 radical (unpaired) electrons. The molecule has 2 aromatic rings. The number of nitrogens with two attached hydrogens (primary N) is 1. The molecule has 0 saturated carbocycles. The lowest BCUT2D eigenvalue weighted by molar-refractivity contribution is 0.0912. The molecule has 118 valence electrons. The van der Waals surface area contributed by atoms with Gasteiger partial charge in [0.15, 0.2) is 23.9 Å². The zero-order chi connectivity index (χ0) is 16.4. The molecule has 0 unspecified atom stereocenters. The van der Waals surface area contributed by atoms with Crippen LogP contribution in [-0.2, 0) is 0 Å². The maximum absolute atomic E-state index is 12.2. The van der Waals surface area contributed by atoms with Gasteiger partial charge in [0.05, 0.1) is 5.56 Å². The molecule has 1 aliphatic rings. The third kappa shape index (κ3) is 3.22. The standard InChI is InChI=1S/C16H12ClNO5/c17-10-2-4-13(11(6-10)16(18)20)21-7-12(19)9-1-3-14-15(5-9)23-8-22-14/h1-6H,7-8H2,(H2,18,20). The predicted octanol–water partition coefficient (Wildman–Crippen LogP) is 2.43. The summed E-state index contributed by atoms with van der Waals surface area (Å²) in [5.41, 5.74) is 5.81. The van der Waals surface area contributed by atoms with Crippen LogP contribution in [0, 0.1) is 0 Å². The summed E-state index contributed by atoms with van der Waals surface area (Å²) in [6.45, 7) is -0.113. The first-order chi connectivity index (χ1) is 11.0. The Labute approximate surface area is 136 Å². The lowest BCUT2D eigenvalue weighted by atomic mass is 10.1. The zero-order valence-corrected chi connectivity index (χ0v) is 12.6. The fourth-order valence-corrected chi connectivity index (χ4v) is 2.29. The minimum absolute atomic E-state index is 0.121. The summed E-state index contributed by atoms with van der Waals surface area (Å²) in [4.78, 5) is 23.6. The van der Waals surface area contributed by atoms with Crippen molar-refractivity contribution < 1.29 is 23.8 Å². The Morgan fingerprint density at radius 2 is 1.91 bits per heavy atom. The quantitative estimate of drug-likeness (QED) is 0.849. The number of ketones is 1. The molecule has 0 aromatic heterocycles. The Hall–Kier alpha value is -2.73. The van der Waals surface area contributed by atoms with Crippen molar-refractivity contribution in [2.45, 2.75) is 0 Å². The number of carbonyl (C=O) groups is 2. The van der Waals surface area contributed by atoms with Crippen LogP contribution in [-0.4, -0.2) is 25.1 Å². The molecule has 2 aromatic carbocycles. The van der Waals surface area contributed by atoms with Crippen LogP contribution >= 0.6 is 11.6 Å². The molecule has 6 nitrogen and oxygen atoms in total. The monoisotopic (exact) mass is 333 g/mol. The van der Waals surface area contributed by atoms with Crippen LogP contribution < -0.4 is 19.9 Å². The molecular formula is C16H12ClNO5. The van der Waals surface area contributed by atoms with Crippen molar-refractivity contribution in [2.24, 2.45) is 5.73 Å². The van der Waals surface area contributed by atoms with E-state index in [9.17, 15) is 9.59 Å². The number of hydrogen-bond acceptors (Lipinski definition) is 5. The highest BCUT2D eigenvalue weighted by atomic mass is 35.5. The second kappa shape index (κ2) is 6.18. The molecule has 0 atom stereocenters. The van der Waals surface area contributed by atoms with Crippen LogP contribution in [0.15, 0.2) is 36.4 Å².